The number of nitrogens with one attached hydrogen (secondary N) is 1. The van der Waals surface area contributed by atoms with Crippen LogP contribution in [0.2, 0.25) is 0 Å². The van der Waals surface area contributed by atoms with Crippen molar-refractivity contribution < 1.29 is 18.5 Å². The van der Waals surface area contributed by atoms with E-state index in [9.17, 15) is 9.00 Å². The third-order valence-electron chi connectivity index (χ3n) is 4.72. The number of ether oxygens (including phenoxy) is 2. The van der Waals surface area contributed by atoms with Crippen molar-refractivity contribution in [3.8, 4) is 0 Å². The van der Waals surface area contributed by atoms with E-state index in [0.717, 1.165) is 5.56 Å². The molecule has 0 radical (unpaired) electrons. The molecule has 6 heteroatoms. The SMILES string of the molecule is CC(C)C[C@H](NS(=O)C(C)(C)C)[C@@]1(c2ccccc2)O[C@H](C(C)(C)C)OC1=O. The van der Waals surface area contributed by atoms with Gasteiger partial charge >= 0.3 is 5.97 Å². The van der Waals surface area contributed by atoms with Crippen LogP contribution >= 0.6 is 0 Å². The van der Waals surface area contributed by atoms with Gasteiger partial charge in [0.15, 0.2) is 0 Å². The zero-order chi connectivity index (χ0) is 21.3. The number of hydrogen-bond acceptors (Lipinski definition) is 4. The molecule has 1 aromatic carbocycles. The molecule has 1 fully saturated rings. The Kier molecular flexibility index (Phi) is 6.79. The summed E-state index contributed by atoms with van der Waals surface area (Å²) in [6.45, 7) is 15.8. The molecular formula is C22H35NO4S. The first-order valence-corrected chi connectivity index (χ1v) is 11.1. The second-order valence-corrected chi connectivity index (χ2v) is 12.0. The van der Waals surface area contributed by atoms with E-state index in [1.807, 2.05) is 71.9 Å². The lowest BCUT2D eigenvalue weighted by molar-refractivity contribution is -0.158. The zero-order valence-electron chi connectivity index (χ0n) is 18.4. The van der Waals surface area contributed by atoms with Gasteiger partial charge < -0.3 is 9.47 Å². The summed E-state index contributed by atoms with van der Waals surface area (Å²) in [7, 11) is -1.36. The number of benzene rings is 1. The van der Waals surface area contributed by atoms with E-state index in [2.05, 4.69) is 18.6 Å². The van der Waals surface area contributed by atoms with Gasteiger partial charge in [-0.25, -0.2) is 13.7 Å². The van der Waals surface area contributed by atoms with Crippen LogP contribution in [0.1, 0.15) is 67.4 Å². The van der Waals surface area contributed by atoms with E-state index in [0.29, 0.717) is 6.42 Å². The predicted molar refractivity (Wildman–Crippen MR) is 113 cm³/mol. The summed E-state index contributed by atoms with van der Waals surface area (Å²) in [6.07, 6.45) is -0.0670. The minimum absolute atomic E-state index is 0.264. The van der Waals surface area contributed by atoms with Gasteiger partial charge in [0.1, 0.15) is 0 Å². The van der Waals surface area contributed by atoms with Crippen molar-refractivity contribution in [2.75, 3.05) is 0 Å². The average molecular weight is 410 g/mol. The first-order chi connectivity index (χ1) is 12.8. The number of hydrogen-bond donors (Lipinski definition) is 1. The highest BCUT2D eigenvalue weighted by molar-refractivity contribution is 7.84. The first kappa shape index (κ1) is 23.0. The van der Waals surface area contributed by atoms with Crippen LogP contribution in [0.25, 0.3) is 0 Å². The Morgan fingerprint density at radius 3 is 2.11 bits per heavy atom. The van der Waals surface area contributed by atoms with E-state index < -0.39 is 39.6 Å². The molecule has 0 spiro atoms. The van der Waals surface area contributed by atoms with Gasteiger partial charge in [0.25, 0.3) is 0 Å². The summed E-state index contributed by atoms with van der Waals surface area (Å²) in [5.74, 6) is -0.164. The predicted octanol–water partition coefficient (Wildman–Crippen LogP) is 4.29. The number of esters is 1. The lowest BCUT2D eigenvalue weighted by atomic mass is 9.82. The number of carbonyl (C=O) groups excluding carboxylic acids is 1. The minimum Gasteiger partial charge on any atom is -0.433 e. The number of rotatable bonds is 6. The maximum absolute atomic E-state index is 13.3. The largest absolute Gasteiger partial charge is 0.433 e. The molecule has 2 rings (SSSR count). The van der Waals surface area contributed by atoms with E-state index in [1.165, 1.54) is 0 Å². The van der Waals surface area contributed by atoms with Gasteiger partial charge in [-0.2, -0.15) is 0 Å². The van der Waals surface area contributed by atoms with Gasteiger partial charge in [0.2, 0.25) is 11.9 Å². The normalized spacial score (nSPS) is 25.6. The van der Waals surface area contributed by atoms with Crippen molar-refractivity contribution in [2.24, 2.45) is 11.3 Å². The molecule has 0 aromatic heterocycles. The lowest BCUT2D eigenvalue weighted by Crippen LogP contribution is -2.55. The Balaban J connectivity index is 2.58. The second kappa shape index (κ2) is 8.25. The van der Waals surface area contributed by atoms with Crippen LogP contribution in [0.15, 0.2) is 30.3 Å². The summed E-state index contributed by atoms with van der Waals surface area (Å²) in [4.78, 5) is 13.3. The monoisotopic (exact) mass is 409 g/mol. The Bertz CT molecular complexity index is 705. The van der Waals surface area contributed by atoms with Crippen molar-refractivity contribution in [3.05, 3.63) is 35.9 Å². The fourth-order valence-corrected chi connectivity index (χ4v) is 4.03. The molecule has 0 bridgehead atoms. The van der Waals surface area contributed by atoms with Crippen LogP contribution in [0.3, 0.4) is 0 Å². The van der Waals surface area contributed by atoms with Gasteiger partial charge in [0.05, 0.1) is 21.8 Å². The summed E-state index contributed by atoms with van der Waals surface area (Å²) < 4.78 is 27.9. The number of carbonyl (C=O) groups is 1. The molecule has 1 aliphatic heterocycles. The van der Waals surface area contributed by atoms with Gasteiger partial charge in [-0.05, 0) is 38.7 Å². The summed E-state index contributed by atoms with van der Waals surface area (Å²) in [5.41, 5.74) is -1.00. The van der Waals surface area contributed by atoms with Crippen LogP contribution < -0.4 is 4.72 Å². The summed E-state index contributed by atoms with van der Waals surface area (Å²) in [5, 5.41) is 0. The highest BCUT2D eigenvalue weighted by Gasteiger charge is 2.59. The van der Waals surface area contributed by atoms with Crippen molar-refractivity contribution >= 4 is 17.0 Å². The van der Waals surface area contributed by atoms with Crippen molar-refractivity contribution in [3.63, 3.8) is 0 Å². The zero-order valence-corrected chi connectivity index (χ0v) is 19.2. The molecule has 1 N–H and O–H groups in total. The minimum atomic E-state index is -1.36. The first-order valence-electron chi connectivity index (χ1n) is 9.91. The molecule has 158 valence electrons. The fourth-order valence-electron chi connectivity index (χ4n) is 3.15. The van der Waals surface area contributed by atoms with Crippen molar-refractivity contribution in [1.82, 2.24) is 4.72 Å². The second-order valence-electron chi connectivity index (χ2n) is 10.0. The average Bonchev–Trinajstić information content (AvgIpc) is 2.92. The molecule has 1 aliphatic rings. The molecule has 5 nitrogen and oxygen atoms in total. The van der Waals surface area contributed by atoms with Crippen molar-refractivity contribution in [2.45, 2.75) is 84.5 Å². The summed E-state index contributed by atoms with van der Waals surface area (Å²) >= 11 is 0. The van der Waals surface area contributed by atoms with Crippen LogP contribution in [0.5, 0.6) is 0 Å². The third kappa shape index (κ3) is 4.84. The molecule has 1 saturated heterocycles. The molecule has 1 heterocycles. The summed E-state index contributed by atoms with van der Waals surface area (Å²) in [6, 6.07) is 8.92. The van der Waals surface area contributed by atoms with Gasteiger partial charge in [-0.3, -0.25) is 0 Å². The molecule has 1 unspecified atom stereocenters. The van der Waals surface area contributed by atoms with Crippen LogP contribution in [-0.4, -0.2) is 27.3 Å². The van der Waals surface area contributed by atoms with Gasteiger partial charge in [-0.1, -0.05) is 65.0 Å². The molecule has 0 saturated carbocycles. The molecule has 1 aromatic rings. The van der Waals surface area contributed by atoms with Crippen molar-refractivity contribution in [1.29, 1.82) is 0 Å². The maximum Gasteiger partial charge on any atom is 0.347 e. The quantitative estimate of drug-likeness (QED) is 0.712. The number of cyclic esters (lactones) is 1. The molecule has 0 aliphatic carbocycles. The van der Waals surface area contributed by atoms with E-state index in [-0.39, 0.29) is 11.3 Å². The van der Waals surface area contributed by atoms with E-state index in [4.69, 9.17) is 9.47 Å². The van der Waals surface area contributed by atoms with Gasteiger partial charge in [-0.15, -0.1) is 0 Å². The smallest absolute Gasteiger partial charge is 0.347 e. The Hall–Kier alpha value is -1.24. The lowest BCUT2D eigenvalue weighted by Gasteiger charge is -2.37. The molecular weight excluding hydrogens is 374 g/mol. The highest BCUT2D eigenvalue weighted by Crippen LogP contribution is 2.44. The van der Waals surface area contributed by atoms with Crippen LogP contribution in [0, 0.1) is 11.3 Å². The van der Waals surface area contributed by atoms with Crippen LogP contribution in [0.4, 0.5) is 0 Å². The Morgan fingerprint density at radius 2 is 1.68 bits per heavy atom. The van der Waals surface area contributed by atoms with E-state index in [1.54, 1.807) is 0 Å². The molecule has 4 atom stereocenters. The molecule has 28 heavy (non-hydrogen) atoms. The topological polar surface area (TPSA) is 64.6 Å². The fraction of sp³-hybridized carbons (Fsp3) is 0.682. The van der Waals surface area contributed by atoms with Crippen LogP contribution in [-0.2, 0) is 30.9 Å². The standard InChI is InChI=1S/C22H35NO4S/c1-15(2)14-17(23-28(25)21(6,7)8)22(16-12-10-9-11-13-16)18(24)26-19(27-22)20(3,4)5/h9-13,15,17,19,23H,14H2,1-8H3/t17-,19+,22+,28?/m0/s1. The highest BCUT2D eigenvalue weighted by atomic mass is 32.2. The Morgan fingerprint density at radius 1 is 1.11 bits per heavy atom. The Labute approximate surface area is 172 Å². The van der Waals surface area contributed by atoms with Gasteiger partial charge in [0, 0.05) is 5.41 Å². The maximum atomic E-state index is 13.3. The third-order valence-corrected chi connectivity index (χ3v) is 6.33. The van der Waals surface area contributed by atoms with E-state index >= 15 is 0 Å². The molecule has 0 amide bonds.